The molecule has 1 atom stereocenters. The molecular formula is C23H30N2O2. The monoisotopic (exact) mass is 366 g/mol. The van der Waals surface area contributed by atoms with Crippen LogP contribution in [-0.2, 0) is 11.2 Å². The van der Waals surface area contributed by atoms with Gasteiger partial charge in [-0.25, -0.2) is 0 Å². The van der Waals surface area contributed by atoms with Crippen molar-refractivity contribution in [2.75, 3.05) is 26.2 Å². The molecule has 0 bridgehead atoms. The first-order valence-corrected chi connectivity index (χ1v) is 9.95. The molecule has 2 aromatic carbocycles. The summed E-state index contributed by atoms with van der Waals surface area (Å²) in [6, 6.07) is 16.5. The van der Waals surface area contributed by atoms with Gasteiger partial charge in [0.1, 0.15) is 5.75 Å². The van der Waals surface area contributed by atoms with Gasteiger partial charge in [0, 0.05) is 6.54 Å². The highest BCUT2D eigenvalue weighted by Crippen LogP contribution is 2.26. The van der Waals surface area contributed by atoms with Gasteiger partial charge in [-0.3, -0.25) is 9.69 Å². The first-order chi connectivity index (χ1) is 13.2. The van der Waals surface area contributed by atoms with Gasteiger partial charge >= 0.3 is 0 Å². The van der Waals surface area contributed by atoms with E-state index in [1.807, 2.05) is 31.2 Å². The molecule has 1 saturated heterocycles. The summed E-state index contributed by atoms with van der Waals surface area (Å²) in [5, 5.41) is 3.16. The maximum Gasteiger partial charge on any atom is 0.224 e. The summed E-state index contributed by atoms with van der Waals surface area (Å²) in [6.45, 7) is 7.63. The summed E-state index contributed by atoms with van der Waals surface area (Å²) < 4.78 is 5.46. The molecule has 1 amide bonds. The normalized spacial score (nSPS) is 15.5. The van der Waals surface area contributed by atoms with Crippen molar-refractivity contribution in [3.8, 4) is 5.75 Å². The molecule has 4 nitrogen and oxygen atoms in total. The zero-order valence-electron chi connectivity index (χ0n) is 16.4. The highest BCUT2D eigenvalue weighted by molar-refractivity contribution is 5.78. The third-order valence-corrected chi connectivity index (χ3v) is 5.22. The molecule has 0 saturated carbocycles. The number of aryl methyl sites for hydroxylation is 1. The van der Waals surface area contributed by atoms with Crippen molar-refractivity contribution in [1.82, 2.24) is 10.2 Å². The Kier molecular flexibility index (Phi) is 6.88. The van der Waals surface area contributed by atoms with Gasteiger partial charge in [-0.1, -0.05) is 36.4 Å². The number of hydrogen-bond donors (Lipinski definition) is 1. The van der Waals surface area contributed by atoms with E-state index in [0.717, 1.165) is 24.4 Å². The van der Waals surface area contributed by atoms with Gasteiger partial charge in [0.2, 0.25) is 5.91 Å². The topological polar surface area (TPSA) is 41.6 Å². The van der Waals surface area contributed by atoms with E-state index in [1.165, 1.54) is 24.0 Å². The smallest absolute Gasteiger partial charge is 0.224 e. The molecule has 4 heteroatoms. The number of likely N-dealkylation sites (tertiary alicyclic amines) is 1. The van der Waals surface area contributed by atoms with Crippen LogP contribution in [0.4, 0.5) is 0 Å². The quantitative estimate of drug-likeness (QED) is 0.771. The largest absolute Gasteiger partial charge is 0.494 e. The molecule has 27 heavy (non-hydrogen) atoms. The van der Waals surface area contributed by atoms with Gasteiger partial charge in [0.05, 0.1) is 19.1 Å². The van der Waals surface area contributed by atoms with Crippen molar-refractivity contribution < 1.29 is 9.53 Å². The fourth-order valence-corrected chi connectivity index (χ4v) is 3.78. The molecule has 1 unspecified atom stereocenters. The summed E-state index contributed by atoms with van der Waals surface area (Å²) in [6.07, 6.45) is 2.87. The van der Waals surface area contributed by atoms with Crippen molar-refractivity contribution in [1.29, 1.82) is 0 Å². The number of rotatable bonds is 8. The Balaban J connectivity index is 1.61. The minimum atomic E-state index is 0.0666. The van der Waals surface area contributed by atoms with E-state index in [4.69, 9.17) is 4.74 Å². The molecule has 2 aromatic rings. The molecule has 0 aromatic heterocycles. The van der Waals surface area contributed by atoms with Gasteiger partial charge in [-0.05, 0) is 68.6 Å². The number of nitrogens with one attached hydrogen (secondary N) is 1. The Labute approximate surface area is 162 Å². The predicted octanol–water partition coefficient (Wildman–Crippen LogP) is 3.89. The zero-order chi connectivity index (χ0) is 19.1. The maximum absolute atomic E-state index is 12.5. The first kappa shape index (κ1) is 19.4. The maximum atomic E-state index is 12.5. The Hall–Kier alpha value is -2.33. The Morgan fingerprint density at radius 3 is 2.48 bits per heavy atom. The number of carbonyl (C=O) groups excluding carboxylic acids is 1. The highest BCUT2D eigenvalue weighted by atomic mass is 16.5. The summed E-state index contributed by atoms with van der Waals surface area (Å²) in [7, 11) is 0. The lowest BCUT2D eigenvalue weighted by molar-refractivity contribution is -0.120. The van der Waals surface area contributed by atoms with Crippen molar-refractivity contribution >= 4 is 5.91 Å². The van der Waals surface area contributed by atoms with E-state index >= 15 is 0 Å². The molecular weight excluding hydrogens is 336 g/mol. The van der Waals surface area contributed by atoms with E-state index < -0.39 is 0 Å². The van der Waals surface area contributed by atoms with Crippen LogP contribution in [0.2, 0.25) is 0 Å². The first-order valence-electron chi connectivity index (χ1n) is 9.95. The molecule has 0 aliphatic carbocycles. The van der Waals surface area contributed by atoms with Crippen molar-refractivity contribution in [2.45, 2.75) is 39.2 Å². The second kappa shape index (κ2) is 9.56. The Morgan fingerprint density at radius 1 is 1.11 bits per heavy atom. The number of benzene rings is 2. The van der Waals surface area contributed by atoms with Crippen LogP contribution in [0.3, 0.4) is 0 Å². The SMILES string of the molecule is CCOc1ccc(CC(=O)NCC(c2ccccc2C)N2CCCC2)cc1. The van der Waals surface area contributed by atoms with Gasteiger partial charge < -0.3 is 10.1 Å². The fourth-order valence-electron chi connectivity index (χ4n) is 3.78. The van der Waals surface area contributed by atoms with Crippen LogP contribution in [0.25, 0.3) is 0 Å². The second-order valence-corrected chi connectivity index (χ2v) is 7.17. The summed E-state index contributed by atoms with van der Waals surface area (Å²) in [5.74, 6) is 0.909. The number of hydrogen-bond acceptors (Lipinski definition) is 3. The lowest BCUT2D eigenvalue weighted by Gasteiger charge is -2.29. The standard InChI is InChI=1S/C23H30N2O2/c1-3-27-20-12-10-19(11-13-20)16-23(26)24-17-22(25-14-6-7-15-25)21-9-5-4-8-18(21)2/h4-5,8-13,22H,3,6-7,14-17H2,1-2H3,(H,24,26). The second-order valence-electron chi connectivity index (χ2n) is 7.17. The van der Waals surface area contributed by atoms with Crippen molar-refractivity contribution in [3.63, 3.8) is 0 Å². The molecule has 1 aliphatic rings. The third kappa shape index (κ3) is 5.33. The van der Waals surface area contributed by atoms with E-state index in [1.54, 1.807) is 0 Å². The molecule has 0 spiro atoms. The molecule has 0 radical (unpaired) electrons. The van der Waals surface area contributed by atoms with Crippen LogP contribution >= 0.6 is 0 Å². The molecule has 1 heterocycles. The lowest BCUT2D eigenvalue weighted by Crippen LogP contribution is -2.37. The van der Waals surface area contributed by atoms with Crippen LogP contribution in [-0.4, -0.2) is 37.0 Å². The Bertz CT molecular complexity index is 736. The van der Waals surface area contributed by atoms with Crippen LogP contribution in [0.15, 0.2) is 48.5 Å². The van der Waals surface area contributed by atoms with E-state index in [-0.39, 0.29) is 11.9 Å². The van der Waals surface area contributed by atoms with E-state index in [2.05, 4.69) is 41.4 Å². The molecule has 3 rings (SSSR count). The summed E-state index contributed by atoms with van der Waals surface area (Å²) in [4.78, 5) is 15.0. The van der Waals surface area contributed by atoms with Crippen molar-refractivity contribution in [3.05, 3.63) is 65.2 Å². The predicted molar refractivity (Wildman–Crippen MR) is 109 cm³/mol. The van der Waals surface area contributed by atoms with Gasteiger partial charge in [-0.15, -0.1) is 0 Å². The van der Waals surface area contributed by atoms with Gasteiger partial charge in [-0.2, -0.15) is 0 Å². The number of nitrogens with zero attached hydrogens (tertiary/aromatic N) is 1. The fraction of sp³-hybridized carbons (Fsp3) is 0.435. The number of amides is 1. The molecule has 144 valence electrons. The number of carbonyl (C=O) groups is 1. The van der Waals surface area contributed by atoms with Crippen LogP contribution in [0.5, 0.6) is 5.75 Å². The molecule has 1 fully saturated rings. The summed E-state index contributed by atoms with van der Waals surface area (Å²) in [5.41, 5.74) is 3.61. The minimum absolute atomic E-state index is 0.0666. The average Bonchev–Trinajstić information content (AvgIpc) is 3.20. The zero-order valence-corrected chi connectivity index (χ0v) is 16.4. The third-order valence-electron chi connectivity index (χ3n) is 5.22. The molecule has 1 N–H and O–H groups in total. The van der Waals surface area contributed by atoms with E-state index in [9.17, 15) is 4.79 Å². The minimum Gasteiger partial charge on any atom is -0.494 e. The van der Waals surface area contributed by atoms with Gasteiger partial charge in [0.15, 0.2) is 0 Å². The highest BCUT2D eigenvalue weighted by Gasteiger charge is 2.24. The summed E-state index contributed by atoms with van der Waals surface area (Å²) >= 11 is 0. The Morgan fingerprint density at radius 2 is 1.81 bits per heavy atom. The van der Waals surface area contributed by atoms with Gasteiger partial charge in [0.25, 0.3) is 0 Å². The average molecular weight is 367 g/mol. The lowest BCUT2D eigenvalue weighted by atomic mass is 10.00. The van der Waals surface area contributed by atoms with Crippen LogP contribution in [0.1, 0.15) is 42.5 Å². The number of ether oxygens (including phenoxy) is 1. The van der Waals surface area contributed by atoms with Crippen LogP contribution in [0, 0.1) is 6.92 Å². The molecule has 1 aliphatic heterocycles. The van der Waals surface area contributed by atoms with E-state index in [0.29, 0.717) is 19.6 Å². The van der Waals surface area contributed by atoms with Crippen molar-refractivity contribution in [2.24, 2.45) is 0 Å². The van der Waals surface area contributed by atoms with Crippen LogP contribution < -0.4 is 10.1 Å².